The van der Waals surface area contributed by atoms with Gasteiger partial charge in [-0.15, -0.1) is 16.2 Å². The quantitative estimate of drug-likeness (QED) is 0.0454. The highest BCUT2D eigenvalue weighted by Gasteiger charge is 2.26. The monoisotopic (exact) mass is 659 g/mol. The van der Waals surface area contributed by atoms with Crippen LogP contribution in [0.15, 0.2) is 65.3 Å². The van der Waals surface area contributed by atoms with E-state index in [0.29, 0.717) is 44.4 Å². The van der Waals surface area contributed by atoms with Crippen molar-refractivity contribution in [1.82, 2.24) is 10.2 Å². The summed E-state index contributed by atoms with van der Waals surface area (Å²) < 4.78 is 17.3. The second-order valence-electron chi connectivity index (χ2n) is 10.3. The van der Waals surface area contributed by atoms with Crippen molar-refractivity contribution in [1.29, 1.82) is 0 Å². The molecule has 13 heteroatoms. The predicted octanol–water partition coefficient (Wildman–Crippen LogP) is 6.87. The molecule has 3 rings (SSSR count). The minimum absolute atomic E-state index is 0.202. The first-order valence-electron chi connectivity index (χ1n) is 14.8. The highest BCUT2D eigenvalue weighted by atomic mass is 32.2. The van der Waals surface area contributed by atoms with Crippen LogP contribution >= 0.6 is 23.1 Å². The van der Waals surface area contributed by atoms with E-state index < -0.39 is 24.4 Å². The zero-order valence-corrected chi connectivity index (χ0v) is 27.5. The molecular formula is C32H41N3O8S2. The molecule has 244 valence electrons. The van der Waals surface area contributed by atoms with Gasteiger partial charge in [-0.2, -0.15) is 11.8 Å². The third-order valence-corrected chi connectivity index (χ3v) is 8.50. The van der Waals surface area contributed by atoms with Gasteiger partial charge in [0.25, 0.3) is 0 Å². The lowest BCUT2D eigenvalue weighted by Gasteiger charge is -2.25. The van der Waals surface area contributed by atoms with Crippen molar-refractivity contribution in [3.05, 3.63) is 69.8 Å². The van der Waals surface area contributed by atoms with E-state index in [4.69, 9.17) is 14.2 Å². The molecule has 0 radical (unpaired) electrons. The van der Waals surface area contributed by atoms with E-state index in [0.717, 1.165) is 21.4 Å². The van der Waals surface area contributed by atoms with Gasteiger partial charge in [-0.3, -0.25) is 4.79 Å². The maximum atomic E-state index is 12.9. The Hall–Kier alpha value is -3.84. The van der Waals surface area contributed by atoms with E-state index in [-0.39, 0.29) is 25.0 Å². The minimum atomic E-state index is -1.16. The molecule has 0 bridgehead atoms. The number of benzene rings is 2. The first-order valence-corrected chi connectivity index (χ1v) is 17.1. The Labute approximate surface area is 271 Å². The van der Waals surface area contributed by atoms with Crippen LogP contribution in [0.1, 0.15) is 56.4 Å². The molecule has 1 heterocycles. The number of nitrogens with zero attached hydrogens (tertiary/aromatic N) is 2. The van der Waals surface area contributed by atoms with Crippen LogP contribution in [0.2, 0.25) is 0 Å². The van der Waals surface area contributed by atoms with E-state index in [1.165, 1.54) is 23.6 Å². The van der Waals surface area contributed by atoms with Crippen molar-refractivity contribution in [2.75, 3.05) is 32.2 Å². The summed E-state index contributed by atoms with van der Waals surface area (Å²) >= 11 is 3.12. The number of rotatable bonds is 20. The third kappa shape index (κ3) is 12.2. The maximum Gasteiger partial charge on any atom is 0.412 e. The fraction of sp³-hybridized carbons (Fsp3) is 0.469. The molecule has 2 unspecified atom stereocenters. The van der Waals surface area contributed by atoms with Crippen LogP contribution in [0, 0.1) is 4.91 Å². The van der Waals surface area contributed by atoms with Gasteiger partial charge >= 0.3 is 12.1 Å². The molecule has 0 saturated carbocycles. The Morgan fingerprint density at radius 3 is 2.56 bits per heavy atom. The topological polar surface area (TPSA) is 133 Å². The molecule has 1 aromatic heterocycles. The molecule has 2 aromatic carbocycles. The normalized spacial score (nSPS) is 12.9. The Morgan fingerprint density at radius 2 is 1.80 bits per heavy atom. The number of nitrogens with one attached hydrogen (secondary N) is 1. The number of ether oxygens (including phenoxy) is 3. The van der Waals surface area contributed by atoms with E-state index in [9.17, 15) is 19.3 Å². The van der Waals surface area contributed by atoms with E-state index in [1.54, 1.807) is 18.4 Å². The number of hydrogen-bond donors (Lipinski definition) is 1. The second kappa shape index (κ2) is 19.5. The average Bonchev–Trinajstić information content (AvgIpc) is 3.57. The predicted molar refractivity (Wildman–Crippen MR) is 176 cm³/mol. The van der Waals surface area contributed by atoms with Gasteiger partial charge in [0.2, 0.25) is 12.2 Å². The molecule has 2 amide bonds. The van der Waals surface area contributed by atoms with Crippen LogP contribution in [0.5, 0.6) is 5.75 Å². The van der Waals surface area contributed by atoms with Gasteiger partial charge in [-0.25, -0.2) is 9.59 Å². The molecular weight excluding hydrogens is 618 g/mol. The first kappa shape index (κ1) is 35.6. The first-order chi connectivity index (χ1) is 21.8. The van der Waals surface area contributed by atoms with Crippen molar-refractivity contribution >= 4 is 51.8 Å². The molecule has 0 aliphatic rings. The molecule has 3 atom stereocenters. The maximum absolute atomic E-state index is 12.9. The highest BCUT2D eigenvalue weighted by molar-refractivity contribution is 7.98. The fourth-order valence-corrected chi connectivity index (χ4v) is 5.77. The van der Waals surface area contributed by atoms with Gasteiger partial charge in [0.05, 0.1) is 0 Å². The molecule has 1 N–H and O–H groups in total. The SMILES string of the molecule is CSCCC(NC(=O)CCCCCON=O)C(=O)OC(C)OC(=O)N(C)CC[C@H](Oc1cccc2ccccc12)c1cccs1. The van der Waals surface area contributed by atoms with Crippen LogP contribution in [-0.4, -0.2) is 67.4 Å². The van der Waals surface area contributed by atoms with Crippen LogP contribution < -0.4 is 10.1 Å². The number of unbranched alkanes of at least 4 members (excludes halogenated alkanes) is 2. The van der Waals surface area contributed by atoms with Crippen LogP contribution in [-0.2, 0) is 23.9 Å². The lowest BCUT2D eigenvalue weighted by molar-refractivity contribution is -0.169. The summed E-state index contributed by atoms with van der Waals surface area (Å²) in [4.78, 5) is 55.0. The van der Waals surface area contributed by atoms with Crippen molar-refractivity contribution in [3.63, 3.8) is 0 Å². The molecule has 3 aromatic rings. The summed E-state index contributed by atoms with van der Waals surface area (Å²) in [6.45, 7) is 2.00. The number of carbonyl (C=O) groups is 3. The Bertz CT molecular complexity index is 1350. The van der Waals surface area contributed by atoms with Crippen LogP contribution in [0.4, 0.5) is 4.79 Å². The molecule has 0 aliphatic carbocycles. The summed E-state index contributed by atoms with van der Waals surface area (Å²) in [7, 11) is 1.61. The number of fused-ring (bicyclic) bond motifs is 1. The molecule has 0 aliphatic heterocycles. The second-order valence-corrected chi connectivity index (χ2v) is 12.3. The molecule has 11 nitrogen and oxygen atoms in total. The summed E-state index contributed by atoms with van der Waals surface area (Å²) in [5.74, 6) is 0.427. The lowest BCUT2D eigenvalue weighted by Crippen LogP contribution is -2.44. The molecule has 0 saturated heterocycles. The Balaban J connectivity index is 1.50. The lowest BCUT2D eigenvalue weighted by atomic mass is 10.1. The zero-order valence-electron chi connectivity index (χ0n) is 25.8. The minimum Gasteiger partial charge on any atom is -0.484 e. The number of amides is 2. The number of thioether (sulfide) groups is 1. The summed E-state index contributed by atoms with van der Waals surface area (Å²) in [5, 5.41) is 9.13. The smallest absolute Gasteiger partial charge is 0.412 e. The number of esters is 1. The largest absolute Gasteiger partial charge is 0.484 e. The summed E-state index contributed by atoms with van der Waals surface area (Å²) in [5.41, 5.74) is 0. The Morgan fingerprint density at radius 1 is 1.00 bits per heavy atom. The van der Waals surface area contributed by atoms with Crippen molar-refractivity contribution in [2.24, 2.45) is 5.34 Å². The zero-order chi connectivity index (χ0) is 32.4. The van der Waals surface area contributed by atoms with Gasteiger partial charge < -0.3 is 29.3 Å². The standard InChI is InChI=1S/C32H41N3O8S2/c1-23(41-31(37)26(18-22-44-3)33-30(36)16-5-4-8-20-40-34-39)42-32(38)35(2)19-17-28(29-15-10-21-45-29)43-27-14-9-12-24-11-6-7-13-25(24)27/h6-7,9-15,21,23,26,28H,4-5,8,16-20,22H2,1-3H3,(H,33,36)/t23?,26?,28-/m0/s1. The highest BCUT2D eigenvalue weighted by Crippen LogP contribution is 2.33. The number of hydrogen-bond acceptors (Lipinski definition) is 11. The van der Waals surface area contributed by atoms with Gasteiger partial charge in [0.1, 0.15) is 24.5 Å². The number of carbonyl (C=O) groups excluding carboxylic acids is 3. The van der Waals surface area contributed by atoms with Crippen molar-refractivity contribution in [2.45, 2.75) is 63.9 Å². The average molecular weight is 660 g/mol. The van der Waals surface area contributed by atoms with Gasteiger partial charge in [0, 0.05) is 43.6 Å². The van der Waals surface area contributed by atoms with E-state index in [2.05, 4.69) is 15.5 Å². The van der Waals surface area contributed by atoms with Gasteiger partial charge in [-0.05, 0) is 60.6 Å². The van der Waals surface area contributed by atoms with Crippen molar-refractivity contribution in [3.8, 4) is 5.75 Å². The Kier molecular flexibility index (Phi) is 15.5. The summed E-state index contributed by atoms with van der Waals surface area (Å²) in [6.07, 6.45) is 2.73. The number of thiophene rings is 1. The van der Waals surface area contributed by atoms with E-state index >= 15 is 0 Å². The van der Waals surface area contributed by atoms with Crippen LogP contribution in [0.25, 0.3) is 10.8 Å². The van der Waals surface area contributed by atoms with E-state index in [1.807, 2.05) is 66.2 Å². The fourth-order valence-electron chi connectivity index (χ4n) is 4.51. The van der Waals surface area contributed by atoms with Gasteiger partial charge in [-0.1, -0.05) is 42.5 Å². The van der Waals surface area contributed by atoms with Crippen LogP contribution in [0.3, 0.4) is 0 Å². The van der Waals surface area contributed by atoms with Gasteiger partial charge in [0.15, 0.2) is 5.34 Å². The van der Waals surface area contributed by atoms with Crippen molar-refractivity contribution < 1.29 is 33.4 Å². The summed E-state index contributed by atoms with van der Waals surface area (Å²) in [6, 6.07) is 17.1. The molecule has 0 fully saturated rings. The third-order valence-electron chi connectivity index (χ3n) is 6.89. The molecule has 45 heavy (non-hydrogen) atoms. The molecule has 0 spiro atoms.